The van der Waals surface area contributed by atoms with Gasteiger partial charge < -0.3 is 4.74 Å². The smallest absolute Gasteiger partial charge is 0.456 e. The summed E-state index contributed by atoms with van der Waals surface area (Å²) in [6.07, 6.45) is 0. The van der Waals surface area contributed by atoms with Crippen molar-refractivity contribution in [3.8, 4) is 11.5 Å². The zero-order chi connectivity index (χ0) is 17.2. The van der Waals surface area contributed by atoms with Crippen molar-refractivity contribution in [1.82, 2.24) is 0 Å². The summed E-state index contributed by atoms with van der Waals surface area (Å²) in [6, 6.07) is 9.87. The first-order chi connectivity index (χ1) is 10.7. The first-order valence-corrected chi connectivity index (χ1v) is 7.98. The van der Waals surface area contributed by atoms with E-state index in [4.69, 9.17) is 19.4 Å². The van der Waals surface area contributed by atoms with Crippen LogP contribution in [0.15, 0.2) is 42.5 Å². The highest BCUT2D eigenvalue weighted by Gasteiger charge is 2.45. The lowest BCUT2D eigenvalue weighted by molar-refractivity contribution is -0.384. The number of hydrogen-bond donors (Lipinski definition) is 3. The summed E-state index contributed by atoms with van der Waals surface area (Å²) < 4.78 is 5.48. The number of benzene rings is 2. The molecule has 2 aromatic carbocycles. The van der Waals surface area contributed by atoms with E-state index in [0.717, 1.165) is 23.8 Å². The number of carbonyl (C=O) groups excluding carboxylic acids is 1. The van der Waals surface area contributed by atoms with Gasteiger partial charge in [-0.3, -0.25) is 10.1 Å². The Bertz CT molecular complexity index is 770. The lowest BCUT2D eigenvalue weighted by Gasteiger charge is -2.10. The summed E-state index contributed by atoms with van der Waals surface area (Å²) in [6.45, 7) is 1.82. The standard InChI is InChI=1S/C14H13NO7P/c1-9-3-2-4-11(7-9)22-13-6-5-10(15(17)18)8-12(13)14(16)23(19,20)21/h2-8,19-21H,1H3/q+1. The largest absolute Gasteiger partial charge is 0.484 e. The molecule has 23 heavy (non-hydrogen) atoms. The second-order valence-electron chi connectivity index (χ2n) is 4.73. The van der Waals surface area contributed by atoms with E-state index < -0.39 is 29.6 Å². The predicted molar refractivity (Wildman–Crippen MR) is 82.3 cm³/mol. The van der Waals surface area contributed by atoms with E-state index in [-0.39, 0.29) is 5.75 Å². The Morgan fingerprint density at radius 2 is 1.87 bits per heavy atom. The maximum atomic E-state index is 11.9. The molecular weight excluding hydrogens is 325 g/mol. The molecule has 0 heterocycles. The normalized spacial score (nSPS) is 11.1. The van der Waals surface area contributed by atoms with E-state index in [1.807, 2.05) is 13.0 Å². The third-order valence-electron chi connectivity index (χ3n) is 2.89. The molecule has 0 saturated carbocycles. The average molecular weight is 338 g/mol. The third-order valence-corrected chi connectivity index (χ3v) is 3.68. The molecule has 0 saturated heterocycles. The molecule has 0 aliphatic carbocycles. The molecule has 0 bridgehead atoms. The van der Waals surface area contributed by atoms with Gasteiger partial charge in [0.15, 0.2) is 0 Å². The van der Waals surface area contributed by atoms with Crippen LogP contribution in [0.5, 0.6) is 11.5 Å². The summed E-state index contributed by atoms with van der Waals surface area (Å²) in [5.41, 5.74) is -1.48. The van der Waals surface area contributed by atoms with Crippen LogP contribution in [0, 0.1) is 17.0 Å². The van der Waals surface area contributed by atoms with Gasteiger partial charge >= 0.3 is 13.5 Å². The fourth-order valence-electron chi connectivity index (χ4n) is 1.86. The lowest BCUT2D eigenvalue weighted by atomic mass is 10.2. The highest BCUT2D eigenvalue weighted by atomic mass is 31.2. The van der Waals surface area contributed by atoms with Gasteiger partial charge in [0.2, 0.25) is 0 Å². The van der Waals surface area contributed by atoms with Gasteiger partial charge in [-0.25, -0.2) is 4.79 Å². The van der Waals surface area contributed by atoms with E-state index in [1.165, 1.54) is 0 Å². The molecule has 0 unspecified atom stereocenters. The summed E-state index contributed by atoms with van der Waals surface area (Å²) >= 11 is 0. The van der Waals surface area contributed by atoms with Crippen molar-refractivity contribution >= 4 is 19.2 Å². The molecule has 0 radical (unpaired) electrons. The van der Waals surface area contributed by atoms with Gasteiger partial charge in [0.1, 0.15) is 17.1 Å². The number of nitro groups is 1. The molecule has 9 heteroatoms. The molecule has 0 aliphatic heterocycles. The molecule has 0 amide bonds. The van der Waals surface area contributed by atoms with E-state index in [0.29, 0.717) is 5.75 Å². The molecule has 0 atom stereocenters. The molecule has 0 aromatic heterocycles. The predicted octanol–water partition coefficient (Wildman–Crippen LogP) is 2.58. The van der Waals surface area contributed by atoms with Crippen LogP contribution in [0.1, 0.15) is 15.9 Å². The summed E-state index contributed by atoms with van der Waals surface area (Å²) in [5.74, 6) is 0.221. The quantitative estimate of drug-likeness (QED) is 0.434. The number of hydrogen-bond acceptors (Lipinski definition) is 7. The Kier molecular flexibility index (Phi) is 4.72. The van der Waals surface area contributed by atoms with E-state index >= 15 is 0 Å². The molecule has 2 aromatic rings. The summed E-state index contributed by atoms with van der Waals surface area (Å²) in [5, 5.41) is 10.8. The van der Waals surface area contributed by atoms with Crippen LogP contribution >= 0.6 is 7.94 Å². The number of ether oxygens (including phenoxy) is 1. The fraction of sp³-hybridized carbons (Fsp3) is 0.0714. The fourth-order valence-corrected chi connectivity index (χ4v) is 2.35. The van der Waals surface area contributed by atoms with Crippen LogP contribution < -0.4 is 4.74 Å². The highest BCUT2D eigenvalue weighted by Crippen LogP contribution is 2.50. The first-order valence-electron chi connectivity index (χ1n) is 6.33. The van der Waals surface area contributed by atoms with Gasteiger partial charge in [-0.05, 0) is 30.7 Å². The molecule has 8 nitrogen and oxygen atoms in total. The number of aryl methyl sites for hydroxylation is 1. The number of rotatable bonds is 5. The minimum Gasteiger partial charge on any atom is -0.456 e. The SMILES string of the molecule is Cc1cccc(Oc2ccc([N+](=O)[O-])cc2C(=O)[P+](O)(O)O)c1. The number of nitrogens with zero attached hydrogens (tertiary/aromatic N) is 1. The monoisotopic (exact) mass is 338 g/mol. The van der Waals surface area contributed by atoms with Gasteiger partial charge in [-0.15, -0.1) is 0 Å². The topological polar surface area (TPSA) is 130 Å². The van der Waals surface area contributed by atoms with Crippen LogP contribution in [-0.2, 0) is 0 Å². The van der Waals surface area contributed by atoms with Crippen molar-refractivity contribution < 1.29 is 29.1 Å². The second kappa shape index (κ2) is 6.39. The van der Waals surface area contributed by atoms with Gasteiger partial charge in [0, 0.05) is 12.1 Å². The van der Waals surface area contributed by atoms with Crippen molar-refractivity contribution in [3.63, 3.8) is 0 Å². The van der Waals surface area contributed by atoms with E-state index in [2.05, 4.69) is 0 Å². The number of nitro benzene ring substituents is 1. The van der Waals surface area contributed by atoms with Gasteiger partial charge in [-0.1, -0.05) is 12.1 Å². The Labute approximate surface area is 131 Å². The van der Waals surface area contributed by atoms with Gasteiger partial charge in [0.25, 0.3) is 5.69 Å². The molecule has 2 rings (SSSR count). The highest BCUT2D eigenvalue weighted by molar-refractivity contribution is 7.76. The molecular formula is C14H13NO7P+. The van der Waals surface area contributed by atoms with Gasteiger partial charge in [-0.2, -0.15) is 14.7 Å². The Morgan fingerprint density at radius 3 is 2.43 bits per heavy atom. The maximum absolute atomic E-state index is 11.9. The molecule has 0 fully saturated rings. The van der Waals surface area contributed by atoms with Crippen molar-refractivity contribution in [1.29, 1.82) is 0 Å². The third kappa shape index (κ3) is 4.08. The zero-order valence-electron chi connectivity index (χ0n) is 11.9. The number of carbonyl (C=O) groups is 1. The van der Waals surface area contributed by atoms with Gasteiger partial charge in [0.05, 0.1) is 4.92 Å². The Morgan fingerprint density at radius 1 is 1.17 bits per heavy atom. The van der Waals surface area contributed by atoms with Crippen molar-refractivity contribution in [3.05, 3.63) is 63.7 Å². The molecule has 0 aliphatic rings. The molecule has 120 valence electrons. The number of non-ortho nitro benzene ring substituents is 1. The van der Waals surface area contributed by atoms with E-state index in [1.54, 1.807) is 18.2 Å². The minimum absolute atomic E-state index is 0.132. The molecule has 3 N–H and O–H groups in total. The van der Waals surface area contributed by atoms with Crippen molar-refractivity contribution in [2.75, 3.05) is 0 Å². The average Bonchev–Trinajstić information content (AvgIpc) is 2.45. The first kappa shape index (κ1) is 17.0. The second-order valence-corrected chi connectivity index (χ2v) is 6.27. The van der Waals surface area contributed by atoms with Crippen molar-refractivity contribution in [2.45, 2.75) is 6.92 Å². The van der Waals surface area contributed by atoms with Crippen LogP contribution in [-0.4, -0.2) is 25.1 Å². The van der Waals surface area contributed by atoms with Crippen LogP contribution in [0.2, 0.25) is 0 Å². The molecule has 0 spiro atoms. The lowest BCUT2D eigenvalue weighted by Crippen LogP contribution is -2.08. The Balaban J connectivity index is 2.50. The van der Waals surface area contributed by atoms with E-state index in [9.17, 15) is 14.9 Å². The Hall–Kier alpha value is -2.38. The zero-order valence-corrected chi connectivity index (χ0v) is 12.8. The van der Waals surface area contributed by atoms with Crippen molar-refractivity contribution in [2.24, 2.45) is 0 Å². The van der Waals surface area contributed by atoms with Crippen LogP contribution in [0.25, 0.3) is 0 Å². The van der Waals surface area contributed by atoms with Crippen LogP contribution in [0.3, 0.4) is 0 Å². The maximum Gasteiger partial charge on any atom is 0.484 e. The summed E-state index contributed by atoms with van der Waals surface area (Å²) in [7, 11) is -4.86. The minimum atomic E-state index is -4.86. The van der Waals surface area contributed by atoms with Crippen LogP contribution in [0.4, 0.5) is 5.69 Å². The summed E-state index contributed by atoms with van der Waals surface area (Å²) in [4.78, 5) is 49.4.